The Kier molecular flexibility index (Phi) is 3.61. The van der Waals surface area contributed by atoms with Crippen LogP contribution in [0.2, 0.25) is 0 Å². The summed E-state index contributed by atoms with van der Waals surface area (Å²) in [6.07, 6.45) is 0.871. The molecule has 1 aliphatic rings. The zero-order valence-corrected chi connectivity index (χ0v) is 12.1. The van der Waals surface area contributed by atoms with Gasteiger partial charge in [0.2, 0.25) is 0 Å². The van der Waals surface area contributed by atoms with Crippen LogP contribution in [0.25, 0.3) is 0 Å². The van der Waals surface area contributed by atoms with Gasteiger partial charge in [0.25, 0.3) is 0 Å². The molecule has 0 fully saturated rings. The maximum Gasteiger partial charge on any atom is 0.146 e. The molecule has 0 saturated heterocycles. The van der Waals surface area contributed by atoms with Gasteiger partial charge in [-0.25, -0.2) is 8.78 Å². The highest BCUT2D eigenvalue weighted by Gasteiger charge is 2.17. The molecule has 0 aliphatic carbocycles. The third-order valence-corrected chi connectivity index (χ3v) is 3.68. The second kappa shape index (κ2) is 5.40. The van der Waals surface area contributed by atoms with Gasteiger partial charge in [0, 0.05) is 23.0 Å². The summed E-state index contributed by atoms with van der Waals surface area (Å²) >= 11 is 3.45. The molecule has 1 heterocycles. The van der Waals surface area contributed by atoms with Crippen LogP contribution in [-0.2, 0) is 13.0 Å². The Morgan fingerprint density at radius 1 is 1.20 bits per heavy atom. The molecule has 0 bridgehead atoms. The lowest BCUT2D eigenvalue weighted by Crippen LogP contribution is -2.03. The van der Waals surface area contributed by atoms with Crippen molar-refractivity contribution < 1.29 is 13.5 Å². The van der Waals surface area contributed by atoms with Crippen LogP contribution in [0.4, 0.5) is 14.5 Å². The van der Waals surface area contributed by atoms with E-state index in [0.717, 1.165) is 46.0 Å². The van der Waals surface area contributed by atoms with E-state index in [-0.39, 0.29) is 5.69 Å². The van der Waals surface area contributed by atoms with E-state index < -0.39 is 11.6 Å². The van der Waals surface area contributed by atoms with Crippen molar-refractivity contribution in [3.8, 4) is 5.75 Å². The molecule has 0 radical (unpaired) electrons. The first-order valence-corrected chi connectivity index (χ1v) is 7.06. The molecule has 0 saturated carbocycles. The lowest BCUT2D eigenvalue weighted by molar-refractivity contribution is 0.354. The molecule has 5 heteroatoms. The molecule has 2 aromatic rings. The number of nitrogens with one attached hydrogen (secondary N) is 1. The lowest BCUT2D eigenvalue weighted by Gasteiger charge is -2.12. The maximum atomic E-state index is 13.6. The van der Waals surface area contributed by atoms with Crippen molar-refractivity contribution >= 4 is 21.6 Å². The highest BCUT2D eigenvalue weighted by molar-refractivity contribution is 9.10. The largest absolute Gasteiger partial charge is 0.493 e. The van der Waals surface area contributed by atoms with Crippen molar-refractivity contribution in [1.29, 1.82) is 0 Å². The Morgan fingerprint density at radius 2 is 2.05 bits per heavy atom. The Morgan fingerprint density at radius 3 is 2.90 bits per heavy atom. The molecule has 0 unspecified atom stereocenters. The first kappa shape index (κ1) is 13.4. The normalized spacial score (nSPS) is 12.9. The summed E-state index contributed by atoms with van der Waals surface area (Å²) in [7, 11) is 0. The first-order valence-electron chi connectivity index (χ1n) is 6.26. The number of hydrogen-bond donors (Lipinski definition) is 1. The van der Waals surface area contributed by atoms with Gasteiger partial charge in [-0.2, -0.15) is 0 Å². The van der Waals surface area contributed by atoms with Gasteiger partial charge in [-0.1, -0.05) is 15.9 Å². The van der Waals surface area contributed by atoms with E-state index in [1.807, 2.05) is 12.1 Å². The van der Waals surface area contributed by atoms with E-state index >= 15 is 0 Å². The molecule has 0 atom stereocenters. The van der Waals surface area contributed by atoms with E-state index in [4.69, 9.17) is 4.74 Å². The number of benzene rings is 2. The molecule has 2 aromatic carbocycles. The SMILES string of the molecule is Fc1ccc(F)c(NCc2cc(Br)cc3c2OCC3)c1. The van der Waals surface area contributed by atoms with Gasteiger partial charge in [0.1, 0.15) is 17.4 Å². The molecule has 0 spiro atoms. The standard InChI is InChI=1S/C15H12BrF2NO/c16-11-5-9-3-4-20-15(9)10(6-11)8-19-14-7-12(17)1-2-13(14)18/h1-2,5-7,19H,3-4,8H2. The molecule has 20 heavy (non-hydrogen) atoms. The van der Waals surface area contributed by atoms with Crippen LogP contribution in [-0.4, -0.2) is 6.61 Å². The fourth-order valence-corrected chi connectivity index (χ4v) is 2.85. The molecule has 104 valence electrons. The highest BCUT2D eigenvalue weighted by Crippen LogP contribution is 2.33. The zero-order chi connectivity index (χ0) is 14.1. The maximum absolute atomic E-state index is 13.6. The second-order valence-corrected chi connectivity index (χ2v) is 5.55. The summed E-state index contributed by atoms with van der Waals surface area (Å²) < 4.78 is 33.2. The number of rotatable bonds is 3. The van der Waals surface area contributed by atoms with Crippen molar-refractivity contribution in [3.05, 3.63) is 57.6 Å². The molecule has 0 aromatic heterocycles. The minimum absolute atomic E-state index is 0.150. The van der Waals surface area contributed by atoms with Crippen LogP contribution in [0.1, 0.15) is 11.1 Å². The fraction of sp³-hybridized carbons (Fsp3) is 0.200. The Balaban J connectivity index is 1.84. The van der Waals surface area contributed by atoms with Crippen LogP contribution >= 0.6 is 15.9 Å². The molecular formula is C15H12BrF2NO. The number of fused-ring (bicyclic) bond motifs is 1. The minimum Gasteiger partial charge on any atom is -0.493 e. The molecule has 3 rings (SSSR count). The number of anilines is 1. The topological polar surface area (TPSA) is 21.3 Å². The van der Waals surface area contributed by atoms with E-state index in [9.17, 15) is 8.78 Å². The quantitative estimate of drug-likeness (QED) is 0.901. The van der Waals surface area contributed by atoms with Gasteiger partial charge in [-0.15, -0.1) is 0 Å². The molecule has 1 aliphatic heterocycles. The van der Waals surface area contributed by atoms with E-state index in [2.05, 4.69) is 21.2 Å². The van der Waals surface area contributed by atoms with Crippen molar-refractivity contribution in [3.63, 3.8) is 0 Å². The Labute approximate surface area is 123 Å². The first-order chi connectivity index (χ1) is 9.63. The fourth-order valence-electron chi connectivity index (χ4n) is 2.30. The van der Waals surface area contributed by atoms with E-state index in [0.29, 0.717) is 13.2 Å². The summed E-state index contributed by atoms with van der Waals surface area (Å²) in [6, 6.07) is 7.30. The monoisotopic (exact) mass is 339 g/mol. The van der Waals surface area contributed by atoms with Gasteiger partial charge < -0.3 is 10.1 Å². The predicted octanol–water partition coefficient (Wildman–Crippen LogP) is 4.27. The number of hydrogen-bond acceptors (Lipinski definition) is 2. The second-order valence-electron chi connectivity index (χ2n) is 4.63. The average molecular weight is 340 g/mol. The molecule has 2 nitrogen and oxygen atoms in total. The van der Waals surface area contributed by atoms with Gasteiger partial charge in [0.05, 0.1) is 12.3 Å². The van der Waals surface area contributed by atoms with Gasteiger partial charge in [-0.3, -0.25) is 0 Å². The summed E-state index contributed by atoms with van der Waals surface area (Å²) in [5.74, 6) is -0.0962. The lowest BCUT2D eigenvalue weighted by atomic mass is 10.1. The van der Waals surface area contributed by atoms with Crippen LogP contribution in [0.15, 0.2) is 34.8 Å². The zero-order valence-electron chi connectivity index (χ0n) is 10.6. The van der Waals surface area contributed by atoms with Crippen molar-refractivity contribution in [2.45, 2.75) is 13.0 Å². The average Bonchev–Trinajstić information content (AvgIpc) is 2.87. The number of halogens is 3. The van der Waals surface area contributed by atoms with Crippen molar-refractivity contribution in [2.24, 2.45) is 0 Å². The van der Waals surface area contributed by atoms with Gasteiger partial charge in [-0.05, 0) is 35.9 Å². The predicted molar refractivity (Wildman–Crippen MR) is 77.0 cm³/mol. The minimum atomic E-state index is -0.473. The van der Waals surface area contributed by atoms with E-state index in [1.165, 1.54) is 0 Å². The summed E-state index contributed by atoms with van der Waals surface area (Å²) in [4.78, 5) is 0. The van der Waals surface area contributed by atoms with Crippen LogP contribution < -0.4 is 10.1 Å². The number of ether oxygens (including phenoxy) is 1. The van der Waals surface area contributed by atoms with Crippen LogP contribution in [0.3, 0.4) is 0 Å². The van der Waals surface area contributed by atoms with Gasteiger partial charge >= 0.3 is 0 Å². The van der Waals surface area contributed by atoms with Crippen molar-refractivity contribution in [1.82, 2.24) is 0 Å². The smallest absolute Gasteiger partial charge is 0.146 e. The molecule has 0 amide bonds. The van der Waals surface area contributed by atoms with Gasteiger partial charge in [0.15, 0.2) is 0 Å². The molecular weight excluding hydrogens is 328 g/mol. The van der Waals surface area contributed by atoms with Crippen molar-refractivity contribution in [2.75, 3.05) is 11.9 Å². The third-order valence-electron chi connectivity index (χ3n) is 3.22. The van der Waals surface area contributed by atoms with E-state index in [1.54, 1.807) is 0 Å². The Hall–Kier alpha value is -1.62. The molecule has 1 N–H and O–H groups in total. The highest BCUT2D eigenvalue weighted by atomic mass is 79.9. The van der Waals surface area contributed by atoms with Crippen LogP contribution in [0.5, 0.6) is 5.75 Å². The Bertz CT molecular complexity index is 661. The summed E-state index contributed by atoms with van der Waals surface area (Å²) in [5, 5.41) is 2.91. The summed E-state index contributed by atoms with van der Waals surface area (Å²) in [5.41, 5.74) is 2.21. The third kappa shape index (κ3) is 2.63. The summed E-state index contributed by atoms with van der Waals surface area (Å²) in [6.45, 7) is 1.04. The van der Waals surface area contributed by atoms with Crippen LogP contribution in [0, 0.1) is 11.6 Å².